The van der Waals surface area contributed by atoms with Crippen LogP contribution in [0.5, 0.6) is 0 Å². The van der Waals surface area contributed by atoms with E-state index in [4.69, 9.17) is 5.73 Å². The fraction of sp³-hybridized carbons (Fsp3) is 0.571. The molecular formula is C14H19N5OS. The molecule has 0 bridgehead atoms. The van der Waals surface area contributed by atoms with Crippen LogP contribution >= 0.6 is 11.3 Å². The van der Waals surface area contributed by atoms with Crippen molar-refractivity contribution in [3.05, 3.63) is 10.4 Å². The van der Waals surface area contributed by atoms with E-state index < -0.39 is 0 Å². The summed E-state index contributed by atoms with van der Waals surface area (Å²) in [5.74, 6) is -0.142. The SMILES string of the molecule is CN1CCN(c2sc(C(=O)NC3CC3)c(N)c2C#N)CC1. The molecule has 7 heteroatoms. The minimum atomic E-state index is -0.142. The van der Waals surface area contributed by atoms with Gasteiger partial charge in [0, 0.05) is 32.2 Å². The Morgan fingerprint density at radius 2 is 2.05 bits per heavy atom. The average molecular weight is 305 g/mol. The van der Waals surface area contributed by atoms with E-state index in [9.17, 15) is 10.1 Å². The van der Waals surface area contributed by atoms with Crippen LogP contribution in [-0.4, -0.2) is 50.1 Å². The Bertz CT molecular complexity index is 593. The summed E-state index contributed by atoms with van der Waals surface area (Å²) in [7, 11) is 2.08. The molecule has 1 saturated heterocycles. The van der Waals surface area contributed by atoms with Crippen LogP contribution in [-0.2, 0) is 0 Å². The Morgan fingerprint density at radius 1 is 1.38 bits per heavy atom. The molecule has 0 unspecified atom stereocenters. The van der Waals surface area contributed by atoms with Crippen molar-refractivity contribution < 1.29 is 4.79 Å². The van der Waals surface area contributed by atoms with Crippen molar-refractivity contribution in [1.29, 1.82) is 5.26 Å². The topological polar surface area (TPSA) is 85.4 Å². The molecule has 2 fully saturated rings. The Hall–Kier alpha value is -1.78. The van der Waals surface area contributed by atoms with E-state index in [1.165, 1.54) is 11.3 Å². The summed E-state index contributed by atoms with van der Waals surface area (Å²) in [6, 6.07) is 2.46. The monoisotopic (exact) mass is 305 g/mol. The molecule has 21 heavy (non-hydrogen) atoms. The van der Waals surface area contributed by atoms with E-state index in [2.05, 4.69) is 28.2 Å². The lowest BCUT2D eigenvalue weighted by Gasteiger charge is -2.33. The smallest absolute Gasteiger partial charge is 0.263 e. The van der Waals surface area contributed by atoms with Gasteiger partial charge in [0.1, 0.15) is 21.5 Å². The van der Waals surface area contributed by atoms with E-state index in [0.29, 0.717) is 16.1 Å². The fourth-order valence-electron chi connectivity index (χ4n) is 2.42. The number of nitriles is 1. The molecule has 3 N–H and O–H groups in total. The first-order valence-electron chi connectivity index (χ1n) is 7.17. The van der Waals surface area contributed by atoms with Gasteiger partial charge in [-0.3, -0.25) is 4.79 Å². The minimum Gasteiger partial charge on any atom is -0.396 e. The third-order valence-electron chi connectivity index (χ3n) is 3.95. The number of hydrogen-bond acceptors (Lipinski definition) is 6. The van der Waals surface area contributed by atoms with Gasteiger partial charge >= 0.3 is 0 Å². The highest BCUT2D eigenvalue weighted by Gasteiger charge is 2.29. The summed E-state index contributed by atoms with van der Waals surface area (Å²) in [6.45, 7) is 3.61. The summed E-state index contributed by atoms with van der Waals surface area (Å²) >= 11 is 1.34. The Kier molecular flexibility index (Phi) is 3.74. The zero-order chi connectivity index (χ0) is 15.0. The summed E-state index contributed by atoms with van der Waals surface area (Å²) in [5.41, 5.74) is 6.81. The second kappa shape index (κ2) is 5.54. The van der Waals surface area contributed by atoms with Crippen LogP contribution in [0.2, 0.25) is 0 Å². The maximum Gasteiger partial charge on any atom is 0.263 e. The number of nitrogen functional groups attached to an aromatic ring is 1. The normalized spacial score (nSPS) is 19.3. The lowest BCUT2D eigenvalue weighted by molar-refractivity contribution is 0.0956. The third-order valence-corrected chi connectivity index (χ3v) is 5.21. The van der Waals surface area contributed by atoms with Crippen LogP contribution in [0.4, 0.5) is 10.7 Å². The molecular weight excluding hydrogens is 286 g/mol. The number of nitrogens with one attached hydrogen (secondary N) is 1. The molecule has 1 aliphatic heterocycles. The van der Waals surface area contributed by atoms with Gasteiger partial charge in [-0.1, -0.05) is 0 Å². The van der Waals surface area contributed by atoms with Crippen LogP contribution in [0.25, 0.3) is 0 Å². The van der Waals surface area contributed by atoms with Gasteiger partial charge < -0.3 is 20.9 Å². The molecule has 0 spiro atoms. The van der Waals surface area contributed by atoms with Crippen LogP contribution in [0.15, 0.2) is 0 Å². The van der Waals surface area contributed by atoms with Gasteiger partial charge in [0.25, 0.3) is 5.91 Å². The Labute approximate surface area is 128 Å². The molecule has 6 nitrogen and oxygen atoms in total. The molecule has 0 atom stereocenters. The van der Waals surface area contributed by atoms with Crippen LogP contribution < -0.4 is 16.0 Å². The van der Waals surface area contributed by atoms with E-state index in [1.807, 2.05) is 0 Å². The number of nitrogens with two attached hydrogens (primary N) is 1. The predicted molar refractivity (Wildman–Crippen MR) is 83.6 cm³/mol. The molecule has 1 aromatic heterocycles. The van der Waals surface area contributed by atoms with Crippen molar-refractivity contribution in [2.45, 2.75) is 18.9 Å². The van der Waals surface area contributed by atoms with Crippen molar-refractivity contribution in [1.82, 2.24) is 10.2 Å². The first kappa shape index (κ1) is 14.2. The molecule has 0 aromatic carbocycles. The van der Waals surface area contributed by atoms with Gasteiger partial charge in [0.2, 0.25) is 0 Å². The quantitative estimate of drug-likeness (QED) is 0.864. The lowest BCUT2D eigenvalue weighted by atomic mass is 10.2. The van der Waals surface area contributed by atoms with Crippen LogP contribution in [0, 0.1) is 11.3 Å². The number of thiophene rings is 1. The highest BCUT2D eigenvalue weighted by molar-refractivity contribution is 7.19. The molecule has 1 saturated carbocycles. The van der Waals surface area contributed by atoms with E-state index in [1.54, 1.807) is 0 Å². The number of carbonyl (C=O) groups is 1. The zero-order valence-corrected chi connectivity index (χ0v) is 12.9. The summed E-state index contributed by atoms with van der Waals surface area (Å²) < 4.78 is 0. The third kappa shape index (κ3) is 2.82. The van der Waals surface area contributed by atoms with Crippen molar-refractivity contribution >= 4 is 27.9 Å². The largest absolute Gasteiger partial charge is 0.396 e. The molecule has 1 amide bonds. The van der Waals surface area contributed by atoms with Gasteiger partial charge in [-0.05, 0) is 19.9 Å². The van der Waals surface area contributed by atoms with Crippen LogP contribution in [0.1, 0.15) is 28.1 Å². The number of rotatable bonds is 3. The molecule has 3 rings (SSSR count). The second-order valence-electron chi connectivity index (χ2n) is 5.67. The number of carbonyl (C=O) groups excluding carboxylic acids is 1. The van der Waals surface area contributed by atoms with Gasteiger partial charge in [-0.2, -0.15) is 5.26 Å². The van der Waals surface area contributed by atoms with Crippen molar-refractivity contribution in [3.8, 4) is 6.07 Å². The molecule has 0 radical (unpaired) electrons. The standard InChI is InChI=1S/C14H19N5OS/c1-18-4-6-19(7-5-18)14-10(8-15)11(16)12(21-14)13(20)17-9-2-3-9/h9H,2-7,16H2,1H3,(H,17,20). The second-order valence-corrected chi connectivity index (χ2v) is 6.67. The Balaban J connectivity index is 1.86. The predicted octanol–water partition coefficient (Wildman–Crippen LogP) is 0.846. The molecule has 2 heterocycles. The summed E-state index contributed by atoms with van der Waals surface area (Å²) in [6.07, 6.45) is 2.07. The summed E-state index contributed by atoms with van der Waals surface area (Å²) in [4.78, 5) is 17.1. The van der Waals surface area contributed by atoms with Gasteiger partial charge in [0.05, 0.1) is 5.69 Å². The molecule has 112 valence electrons. The highest BCUT2D eigenvalue weighted by Crippen LogP contribution is 2.38. The van der Waals surface area contributed by atoms with Crippen molar-refractivity contribution in [2.24, 2.45) is 0 Å². The minimum absolute atomic E-state index is 0.142. The molecule has 2 aliphatic rings. The number of likely N-dealkylation sites (N-methyl/N-ethyl adjacent to an activating group) is 1. The zero-order valence-electron chi connectivity index (χ0n) is 12.1. The van der Waals surface area contributed by atoms with Gasteiger partial charge in [-0.25, -0.2) is 0 Å². The van der Waals surface area contributed by atoms with E-state index in [-0.39, 0.29) is 11.9 Å². The number of piperazine rings is 1. The van der Waals surface area contributed by atoms with Crippen molar-refractivity contribution in [3.63, 3.8) is 0 Å². The molecule has 1 aromatic rings. The fourth-order valence-corrected chi connectivity index (χ4v) is 3.55. The van der Waals surface area contributed by atoms with E-state index in [0.717, 1.165) is 44.0 Å². The highest BCUT2D eigenvalue weighted by atomic mass is 32.1. The van der Waals surface area contributed by atoms with Crippen molar-refractivity contribution in [2.75, 3.05) is 43.9 Å². The van der Waals surface area contributed by atoms with Gasteiger partial charge in [0.15, 0.2) is 0 Å². The van der Waals surface area contributed by atoms with Gasteiger partial charge in [-0.15, -0.1) is 11.3 Å². The maximum atomic E-state index is 12.2. The summed E-state index contributed by atoms with van der Waals surface area (Å²) in [5, 5.41) is 13.2. The Morgan fingerprint density at radius 3 is 2.62 bits per heavy atom. The number of anilines is 2. The maximum absolute atomic E-state index is 12.2. The lowest BCUT2D eigenvalue weighted by Crippen LogP contribution is -2.44. The van der Waals surface area contributed by atoms with Crippen LogP contribution in [0.3, 0.4) is 0 Å². The first-order chi connectivity index (χ1) is 10.1. The number of amides is 1. The number of hydrogen-bond donors (Lipinski definition) is 2. The number of nitrogens with zero attached hydrogens (tertiary/aromatic N) is 3. The average Bonchev–Trinajstić information content (AvgIpc) is 3.21. The van der Waals surface area contributed by atoms with E-state index >= 15 is 0 Å². The first-order valence-corrected chi connectivity index (χ1v) is 7.98. The molecule has 1 aliphatic carbocycles.